The van der Waals surface area contributed by atoms with Crippen molar-refractivity contribution in [2.75, 3.05) is 42.2 Å². The summed E-state index contributed by atoms with van der Waals surface area (Å²) >= 11 is 0. The Morgan fingerprint density at radius 2 is 0.892 bits per heavy atom. The predicted molar refractivity (Wildman–Crippen MR) is 290 cm³/mol. The lowest BCUT2D eigenvalue weighted by molar-refractivity contribution is -0.141. The number of hydrogen-bond donors (Lipinski definition) is 0. The molecule has 6 aromatic rings. The first-order chi connectivity index (χ1) is 35.3. The molecule has 0 unspecified atom stereocenters. The van der Waals surface area contributed by atoms with Gasteiger partial charge in [-0.2, -0.15) is 0 Å². The second kappa shape index (κ2) is 27.2. The fourth-order valence-electron chi connectivity index (χ4n) is 8.42. The van der Waals surface area contributed by atoms with Crippen molar-refractivity contribution in [3.63, 3.8) is 0 Å². The fourth-order valence-corrected chi connectivity index (χ4v) is 8.42. The van der Waals surface area contributed by atoms with Gasteiger partial charge in [0.2, 0.25) is 0 Å². The molecule has 0 spiro atoms. The molecule has 0 fully saturated rings. The monoisotopic (exact) mass is 1010 g/mol. The Balaban J connectivity index is 0.000000274. The number of ether oxygens (including phenoxy) is 7. The average molecular weight is 1010 g/mol. The molecule has 0 saturated carbocycles. The highest BCUT2D eigenvalue weighted by molar-refractivity contribution is 5.73. The Bertz CT molecular complexity index is 2840. The molecule has 0 aromatic heterocycles. The van der Waals surface area contributed by atoms with Crippen LogP contribution in [0.15, 0.2) is 146 Å². The summed E-state index contributed by atoms with van der Waals surface area (Å²) in [4.78, 5) is 23.6. The fraction of sp³-hybridized carbons (Fsp3) is 0.333. The molecule has 74 heavy (non-hydrogen) atoms. The summed E-state index contributed by atoms with van der Waals surface area (Å²) in [5.74, 6) is 1.31. The van der Waals surface area contributed by atoms with Gasteiger partial charge in [0, 0.05) is 30.1 Å². The van der Waals surface area contributed by atoms with Crippen molar-refractivity contribution in [3.8, 4) is 45.3 Å². The van der Waals surface area contributed by atoms with Crippen LogP contribution in [0.2, 0.25) is 0 Å². The molecule has 0 amide bonds. The van der Waals surface area contributed by atoms with Crippen LogP contribution in [0, 0.1) is 11.6 Å². The van der Waals surface area contributed by atoms with Crippen LogP contribution >= 0.6 is 0 Å². The van der Waals surface area contributed by atoms with Gasteiger partial charge in [0.25, 0.3) is 0 Å². The summed E-state index contributed by atoms with van der Waals surface area (Å²) in [7, 11) is 7.56. The lowest BCUT2D eigenvalue weighted by Crippen LogP contribution is -2.13. The lowest BCUT2D eigenvalue weighted by Gasteiger charge is -2.24. The second-order valence-corrected chi connectivity index (χ2v) is 19.8. The van der Waals surface area contributed by atoms with E-state index in [4.69, 9.17) is 33.2 Å². The van der Waals surface area contributed by atoms with E-state index in [1.807, 2.05) is 116 Å². The van der Waals surface area contributed by atoms with Crippen molar-refractivity contribution in [3.05, 3.63) is 191 Å². The Labute approximate surface area is 437 Å². The molecule has 392 valence electrons. The van der Waals surface area contributed by atoms with Crippen molar-refractivity contribution >= 4 is 11.9 Å². The zero-order chi connectivity index (χ0) is 54.0. The van der Waals surface area contributed by atoms with Crippen LogP contribution < -0.4 is 18.9 Å². The summed E-state index contributed by atoms with van der Waals surface area (Å²) in [6.07, 6.45) is 8.28. The zero-order valence-electron chi connectivity index (χ0n) is 45.0. The van der Waals surface area contributed by atoms with Crippen LogP contribution in [-0.2, 0) is 47.8 Å². The summed E-state index contributed by atoms with van der Waals surface area (Å²) in [5, 5.41) is 0. The van der Waals surface area contributed by atoms with Gasteiger partial charge in [-0.3, -0.25) is 9.59 Å². The van der Waals surface area contributed by atoms with Crippen LogP contribution in [0.5, 0.6) is 23.0 Å². The molecular weight excluding hydrogens is 939 g/mol. The van der Waals surface area contributed by atoms with E-state index in [0.717, 1.165) is 44.5 Å². The van der Waals surface area contributed by atoms with Crippen LogP contribution in [0.25, 0.3) is 22.3 Å². The second-order valence-electron chi connectivity index (χ2n) is 19.8. The van der Waals surface area contributed by atoms with E-state index >= 15 is 0 Å². The zero-order valence-corrected chi connectivity index (χ0v) is 45.0. The molecule has 0 saturated heterocycles. The van der Waals surface area contributed by atoms with Gasteiger partial charge < -0.3 is 33.2 Å². The third-order valence-corrected chi connectivity index (χ3v) is 12.4. The third kappa shape index (κ3) is 16.4. The molecule has 11 heteroatoms. The van der Waals surface area contributed by atoms with Crippen LogP contribution in [0.1, 0.15) is 107 Å². The maximum Gasteiger partial charge on any atom is 0.306 e. The van der Waals surface area contributed by atoms with Crippen molar-refractivity contribution in [2.45, 2.75) is 97.2 Å². The molecule has 0 radical (unpaired) electrons. The van der Waals surface area contributed by atoms with Crippen molar-refractivity contribution in [1.29, 1.82) is 0 Å². The highest BCUT2D eigenvalue weighted by Gasteiger charge is 2.24. The average Bonchev–Trinajstić information content (AvgIpc) is 3.39. The van der Waals surface area contributed by atoms with Crippen molar-refractivity contribution in [2.24, 2.45) is 0 Å². The molecule has 0 bridgehead atoms. The van der Waals surface area contributed by atoms with E-state index in [-0.39, 0.29) is 59.1 Å². The molecule has 9 nitrogen and oxygen atoms in total. The summed E-state index contributed by atoms with van der Waals surface area (Å²) in [5.41, 5.74) is 8.21. The normalized spacial score (nSPS) is 12.4. The maximum atomic E-state index is 14.9. The smallest absolute Gasteiger partial charge is 0.306 e. The Morgan fingerprint density at radius 1 is 0.500 bits per heavy atom. The maximum absolute atomic E-state index is 14.9. The van der Waals surface area contributed by atoms with E-state index in [1.165, 1.54) is 26.4 Å². The van der Waals surface area contributed by atoms with Crippen LogP contribution in [-0.4, -0.2) is 54.1 Å². The van der Waals surface area contributed by atoms with Crippen LogP contribution in [0.4, 0.5) is 8.78 Å². The standard InChI is InChI=1S/C32H37FO5.C31H35FO4/c1-32(2,3)29-15-9-22(18-27(29)28-20-26(36-5)14-16-30(28)33)21-38-25-12-10-23(11-13-25)24(8-7-17-35-4)19-31(34)37-6;1-7-8-23(18-30(33)35-6)22-10-12-24(13-11-22)36-20-21-9-15-28(31(2,3)4)26(17-21)27-19-25(34-5)14-16-29(27)32/h7-16,18,20,24H,17,19,21H2,1-6H3;7-17,19,23H,18,20H2,1-6H3/b8-7+;8-7-/t24-;23-/m11/s1. The van der Waals surface area contributed by atoms with Gasteiger partial charge in [-0.1, -0.05) is 114 Å². The highest BCUT2D eigenvalue weighted by Crippen LogP contribution is 2.39. The number of carbonyl (C=O) groups is 2. The molecule has 6 rings (SSSR count). The molecule has 6 aromatic carbocycles. The number of benzene rings is 6. The third-order valence-electron chi connectivity index (χ3n) is 12.4. The number of esters is 2. The summed E-state index contributed by atoms with van der Waals surface area (Å²) in [6, 6.07) is 37.1. The summed E-state index contributed by atoms with van der Waals surface area (Å²) < 4.78 is 67.4. The molecule has 2 atom stereocenters. The minimum atomic E-state index is -0.300. The predicted octanol–water partition coefficient (Wildman–Crippen LogP) is 14.8. The highest BCUT2D eigenvalue weighted by atomic mass is 19.1. The lowest BCUT2D eigenvalue weighted by atomic mass is 9.81. The van der Waals surface area contributed by atoms with Gasteiger partial charge in [-0.05, 0) is 135 Å². The first kappa shape index (κ1) is 57.7. The van der Waals surface area contributed by atoms with E-state index in [2.05, 4.69) is 41.5 Å². The van der Waals surface area contributed by atoms with Crippen LogP contribution in [0.3, 0.4) is 0 Å². The number of hydrogen-bond acceptors (Lipinski definition) is 9. The molecule has 0 aliphatic rings. The minimum absolute atomic E-state index is 0.0539. The van der Waals surface area contributed by atoms with Gasteiger partial charge in [0.15, 0.2) is 0 Å². The SMILES string of the molecule is C/C=C\[C@H](CC(=O)OC)c1ccc(OCc2ccc(C(C)(C)C)c(-c3cc(OC)ccc3F)c2)cc1.COC/C=C/[C@H](CC(=O)OC)c1ccc(OCc2ccc(C(C)(C)C)c(-c3cc(OC)ccc3F)c2)cc1. The van der Waals surface area contributed by atoms with Crippen molar-refractivity contribution < 1.29 is 51.5 Å². The molecule has 0 aliphatic heterocycles. The molecule has 0 N–H and O–H groups in total. The largest absolute Gasteiger partial charge is 0.497 e. The van der Waals surface area contributed by atoms with E-state index in [0.29, 0.717) is 53.9 Å². The number of halogens is 2. The Morgan fingerprint density at radius 3 is 1.24 bits per heavy atom. The number of methoxy groups -OCH3 is 5. The van der Waals surface area contributed by atoms with Gasteiger partial charge in [0.05, 0.1) is 47.9 Å². The Hall–Kier alpha value is -7.24. The number of rotatable bonds is 20. The van der Waals surface area contributed by atoms with E-state index in [1.54, 1.807) is 45.6 Å². The quantitative estimate of drug-likeness (QED) is 0.0547. The van der Waals surface area contributed by atoms with Gasteiger partial charge >= 0.3 is 11.9 Å². The Kier molecular flexibility index (Phi) is 21.2. The van der Waals surface area contributed by atoms with Gasteiger partial charge in [-0.15, -0.1) is 0 Å². The van der Waals surface area contributed by atoms with E-state index < -0.39 is 0 Å². The van der Waals surface area contributed by atoms with Crippen molar-refractivity contribution in [1.82, 2.24) is 0 Å². The topological polar surface area (TPSA) is 98.8 Å². The molecule has 0 heterocycles. The van der Waals surface area contributed by atoms with Gasteiger partial charge in [-0.25, -0.2) is 8.78 Å². The number of allylic oxidation sites excluding steroid dienone is 3. The van der Waals surface area contributed by atoms with E-state index in [9.17, 15) is 18.4 Å². The molecular formula is C63H72F2O9. The number of carbonyl (C=O) groups excluding carboxylic acids is 2. The minimum Gasteiger partial charge on any atom is -0.497 e. The summed E-state index contributed by atoms with van der Waals surface area (Å²) in [6.45, 7) is 15.7. The van der Waals surface area contributed by atoms with Gasteiger partial charge in [0.1, 0.15) is 47.8 Å². The first-order valence-corrected chi connectivity index (χ1v) is 24.6. The molecule has 0 aliphatic carbocycles. The first-order valence-electron chi connectivity index (χ1n) is 24.6.